The quantitative estimate of drug-likeness (QED) is 0.439. The normalized spacial score (nSPS) is 18.3. The molecule has 0 radical (unpaired) electrons. The van der Waals surface area contributed by atoms with E-state index in [0.29, 0.717) is 5.56 Å². The SMILES string of the molecule is COc1ccc(C(=O)N2c3ccccc3CCC2CN2CCN(c3cccc4[nH]ccc34)CC2)cc1. The number of para-hydroxylation sites is 1. The van der Waals surface area contributed by atoms with Gasteiger partial charge in [0.25, 0.3) is 5.91 Å². The lowest BCUT2D eigenvalue weighted by Crippen LogP contribution is -2.54. The van der Waals surface area contributed by atoms with Crippen molar-refractivity contribution in [2.24, 2.45) is 0 Å². The molecule has 0 aliphatic carbocycles. The number of methoxy groups -OCH3 is 1. The standard InChI is InChI=1S/C30H32N4O2/c1-36-25-13-10-23(11-14-25)30(35)34-24(12-9-22-5-2-3-7-28(22)34)21-32-17-19-33(20-18-32)29-8-4-6-27-26(29)15-16-31-27/h2-8,10-11,13-16,24,31H,9,12,17-21H2,1H3. The molecule has 3 heterocycles. The van der Waals surface area contributed by atoms with Crippen molar-refractivity contribution in [3.63, 3.8) is 0 Å². The van der Waals surface area contributed by atoms with Crippen LogP contribution in [0.25, 0.3) is 10.9 Å². The molecular formula is C30H32N4O2. The Morgan fingerprint density at radius 3 is 2.50 bits per heavy atom. The minimum absolute atomic E-state index is 0.0626. The molecule has 6 heteroatoms. The molecule has 1 amide bonds. The molecule has 6 rings (SSSR count). The number of hydrogen-bond acceptors (Lipinski definition) is 4. The molecule has 4 aromatic rings. The average Bonchev–Trinajstić information content (AvgIpc) is 3.42. The number of anilines is 2. The zero-order chi connectivity index (χ0) is 24.5. The first-order chi connectivity index (χ1) is 17.7. The maximum absolute atomic E-state index is 13.8. The third-order valence-electron chi connectivity index (χ3n) is 7.67. The molecule has 6 nitrogen and oxygen atoms in total. The predicted octanol–water partition coefficient (Wildman–Crippen LogP) is 4.96. The number of aryl methyl sites for hydroxylation is 1. The lowest BCUT2D eigenvalue weighted by molar-refractivity contribution is 0.0963. The molecule has 1 saturated heterocycles. The van der Waals surface area contributed by atoms with E-state index in [1.54, 1.807) is 7.11 Å². The Hall–Kier alpha value is -3.77. The van der Waals surface area contributed by atoms with Gasteiger partial charge in [-0.15, -0.1) is 0 Å². The fourth-order valence-corrected chi connectivity index (χ4v) is 5.74. The summed E-state index contributed by atoms with van der Waals surface area (Å²) in [6, 6.07) is 24.6. The number of nitrogens with zero attached hydrogens (tertiary/aromatic N) is 3. The van der Waals surface area contributed by atoms with Crippen molar-refractivity contribution in [2.45, 2.75) is 18.9 Å². The zero-order valence-electron chi connectivity index (χ0n) is 20.7. The molecule has 2 aliphatic heterocycles. The predicted molar refractivity (Wildman–Crippen MR) is 145 cm³/mol. The Kier molecular flexibility index (Phi) is 6.11. The molecule has 0 bridgehead atoms. The number of fused-ring (bicyclic) bond motifs is 2. The van der Waals surface area contributed by atoms with E-state index in [1.807, 2.05) is 41.4 Å². The molecular weight excluding hydrogens is 448 g/mol. The van der Waals surface area contributed by atoms with Crippen molar-refractivity contribution >= 4 is 28.2 Å². The smallest absolute Gasteiger partial charge is 0.258 e. The van der Waals surface area contributed by atoms with Crippen LogP contribution in [0.4, 0.5) is 11.4 Å². The van der Waals surface area contributed by atoms with E-state index in [1.165, 1.54) is 22.2 Å². The number of aromatic amines is 1. The van der Waals surface area contributed by atoms with Gasteiger partial charge in [0.15, 0.2) is 0 Å². The molecule has 0 saturated carbocycles. The zero-order valence-corrected chi connectivity index (χ0v) is 20.7. The van der Waals surface area contributed by atoms with E-state index in [0.717, 1.165) is 57.0 Å². The van der Waals surface area contributed by atoms with Crippen LogP contribution >= 0.6 is 0 Å². The summed E-state index contributed by atoms with van der Waals surface area (Å²) in [7, 11) is 1.65. The van der Waals surface area contributed by atoms with Gasteiger partial charge in [-0.25, -0.2) is 0 Å². The lowest BCUT2D eigenvalue weighted by atomic mass is 9.94. The number of aromatic nitrogens is 1. The highest BCUT2D eigenvalue weighted by atomic mass is 16.5. The van der Waals surface area contributed by atoms with Gasteiger partial charge in [-0.05, 0) is 66.9 Å². The van der Waals surface area contributed by atoms with Crippen molar-refractivity contribution in [1.29, 1.82) is 0 Å². The second-order valence-electron chi connectivity index (χ2n) is 9.73. The summed E-state index contributed by atoms with van der Waals surface area (Å²) in [6.45, 7) is 4.84. The first-order valence-electron chi connectivity index (χ1n) is 12.8. The summed E-state index contributed by atoms with van der Waals surface area (Å²) in [6.07, 6.45) is 3.99. The Bertz CT molecular complexity index is 1350. The maximum atomic E-state index is 13.8. The highest BCUT2D eigenvalue weighted by molar-refractivity contribution is 6.07. The maximum Gasteiger partial charge on any atom is 0.258 e. The van der Waals surface area contributed by atoms with Gasteiger partial charge in [0.2, 0.25) is 0 Å². The van der Waals surface area contributed by atoms with Crippen LogP contribution < -0.4 is 14.5 Å². The van der Waals surface area contributed by atoms with E-state index in [2.05, 4.69) is 57.2 Å². The monoisotopic (exact) mass is 480 g/mol. The molecule has 1 unspecified atom stereocenters. The topological polar surface area (TPSA) is 51.8 Å². The van der Waals surface area contributed by atoms with E-state index < -0.39 is 0 Å². The Morgan fingerprint density at radius 1 is 0.917 bits per heavy atom. The molecule has 1 N–H and O–H groups in total. The first-order valence-corrected chi connectivity index (χ1v) is 12.8. The molecule has 1 fully saturated rings. The lowest BCUT2D eigenvalue weighted by Gasteiger charge is -2.42. The van der Waals surface area contributed by atoms with Crippen molar-refractivity contribution in [2.75, 3.05) is 49.6 Å². The Balaban J connectivity index is 1.20. The molecule has 1 atom stereocenters. The number of carbonyl (C=O) groups is 1. The molecule has 3 aromatic carbocycles. The van der Waals surface area contributed by atoms with Gasteiger partial charge in [-0.3, -0.25) is 9.69 Å². The van der Waals surface area contributed by atoms with Crippen LogP contribution in [0.2, 0.25) is 0 Å². The van der Waals surface area contributed by atoms with Crippen LogP contribution in [0.15, 0.2) is 79.0 Å². The van der Waals surface area contributed by atoms with Crippen LogP contribution in [0, 0.1) is 0 Å². The third kappa shape index (κ3) is 4.22. The summed E-state index contributed by atoms with van der Waals surface area (Å²) < 4.78 is 5.29. The minimum atomic E-state index is 0.0626. The van der Waals surface area contributed by atoms with Crippen LogP contribution in [0.3, 0.4) is 0 Å². The number of hydrogen-bond donors (Lipinski definition) is 1. The van der Waals surface area contributed by atoms with Crippen LogP contribution in [-0.2, 0) is 6.42 Å². The van der Waals surface area contributed by atoms with E-state index in [-0.39, 0.29) is 11.9 Å². The van der Waals surface area contributed by atoms with Crippen LogP contribution in [0.5, 0.6) is 5.75 Å². The summed E-state index contributed by atoms with van der Waals surface area (Å²) in [5.74, 6) is 0.822. The molecule has 184 valence electrons. The number of benzene rings is 3. The van der Waals surface area contributed by atoms with Gasteiger partial charge >= 0.3 is 0 Å². The van der Waals surface area contributed by atoms with E-state index >= 15 is 0 Å². The van der Waals surface area contributed by atoms with Gasteiger partial charge in [0.1, 0.15) is 5.75 Å². The summed E-state index contributed by atoms with van der Waals surface area (Å²) in [5.41, 5.74) is 5.48. The number of rotatable bonds is 5. The molecule has 0 spiro atoms. The van der Waals surface area contributed by atoms with E-state index in [9.17, 15) is 4.79 Å². The van der Waals surface area contributed by atoms with Crippen molar-refractivity contribution in [3.8, 4) is 5.75 Å². The minimum Gasteiger partial charge on any atom is -0.497 e. The largest absolute Gasteiger partial charge is 0.497 e. The fraction of sp³-hybridized carbons (Fsp3) is 0.300. The van der Waals surface area contributed by atoms with Gasteiger partial charge in [-0.2, -0.15) is 0 Å². The van der Waals surface area contributed by atoms with Gasteiger partial charge in [-0.1, -0.05) is 24.3 Å². The number of ether oxygens (including phenoxy) is 1. The fourth-order valence-electron chi connectivity index (χ4n) is 5.74. The number of piperazine rings is 1. The van der Waals surface area contributed by atoms with Gasteiger partial charge in [0, 0.05) is 66.8 Å². The van der Waals surface area contributed by atoms with Crippen molar-refractivity contribution in [3.05, 3.63) is 90.1 Å². The van der Waals surface area contributed by atoms with E-state index in [4.69, 9.17) is 4.74 Å². The van der Waals surface area contributed by atoms with Crippen LogP contribution in [0.1, 0.15) is 22.3 Å². The highest BCUT2D eigenvalue weighted by Crippen LogP contribution is 2.33. The van der Waals surface area contributed by atoms with Crippen molar-refractivity contribution in [1.82, 2.24) is 9.88 Å². The average molecular weight is 481 g/mol. The number of H-pyrrole nitrogens is 1. The number of amides is 1. The molecule has 1 aromatic heterocycles. The summed E-state index contributed by atoms with van der Waals surface area (Å²) in [5, 5.41) is 1.28. The Morgan fingerprint density at radius 2 is 1.69 bits per heavy atom. The first kappa shape index (κ1) is 22.7. The molecule has 2 aliphatic rings. The van der Waals surface area contributed by atoms with Crippen molar-refractivity contribution < 1.29 is 9.53 Å². The third-order valence-corrected chi connectivity index (χ3v) is 7.67. The number of nitrogens with one attached hydrogen (secondary N) is 1. The van der Waals surface area contributed by atoms with Gasteiger partial charge in [0.05, 0.1) is 13.2 Å². The summed E-state index contributed by atoms with van der Waals surface area (Å²) in [4.78, 5) is 24.2. The van der Waals surface area contributed by atoms with Crippen LogP contribution in [-0.4, -0.2) is 61.7 Å². The highest BCUT2D eigenvalue weighted by Gasteiger charge is 2.33. The van der Waals surface area contributed by atoms with Gasteiger partial charge < -0.3 is 19.5 Å². The Labute approximate surface area is 212 Å². The number of carbonyl (C=O) groups excluding carboxylic acids is 1. The second-order valence-corrected chi connectivity index (χ2v) is 9.73. The second kappa shape index (κ2) is 9.70. The summed E-state index contributed by atoms with van der Waals surface area (Å²) >= 11 is 0. The molecule has 36 heavy (non-hydrogen) atoms.